The predicted molar refractivity (Wildman–Crippen MR) is 83.3 cm³/mol. The molecule has 1 N–H and O–H groups in total. The van der Waals surface area contributed by atoms with Gasteiger partial charge < -0.3 is 4.74 Å². The molecule has 0 saturated carbocycles. The summed E-state index contributed by atoms with van der Waals surface area (Å²) in [5.74, 6) is 0. The van der Waals surface area contributed by atoms with E-state index in [0.29, 0.717) is 11.6 Å². The summed E-state index contributed by atoms with van der Waals surface area (Å²) in [5.41, 5.74) is 0.757. The Hall–Kier alpha value is -0.660. The van der Waals surface area contributed by atoms with Gasteiger partial charge in [-0.05, 0) is 43.7 Å². The molecule has 1 saturated heterocycles. The lowest BCUT2D eigenvalue weighted by atomic mass is 10.2. The monoisotopic (exact) mass is 332 g/mol. The molecule has 5 nitrogen and oxygen atoms in total. The lowest BCUT2D eigenvalue weighted by Gasteiger charge is -2.26. The summed E-state index contributed by atoms with van der Waals surface area (Å²) in [5, 5.41) is 0.571. The number of morpholine rings is 1. The van der Waals surface area contributed by atoms with Crippen molar-refractivity contribution in [3.05, 3.63) is 28.8 Å². The number of nitrogens with zero attached hydrogens (tertiary/aromatic N) is 1. The van der Waals surface area contributed by atoms with Crippen molar-refractivity contribution in [2.24, 2.45) is 0 Å². The Balaban J connectivity index is 1.82. The maximum absolute atomic E-state index is 12.2. The third-order valence-electron chi connectivity index (χ3n) is 3.49. The van der Waals surface area contributed by atoms with Gasteiger partial charge in [-0.1, -0.05) is 11.6 Å². The molecule has 0 aliphatic carbocycles. The van der Waals surface area contributed by atoms with Crippen LogP contribution in [0.3, 0.4) is 0 Å². The third kappa shape index (κ3) is 4.93. The van der Waals surface area contributed by atoms with Crippen molar-refractivity contribution < 1.29 is 13.2 Å². The Labute approximate surface area is 131 Å². The van der Waals surface area contributed by atoms with Gasteiger partial charge in [0.15, 0.2) is 0 Å². The quantitative estimate of drug-likeness (QED) is 0.805. The van der Waals surface area contributed by atoms with Crippen LogP contribution in [0.5, 0.6) is 0 Å². The number of ether oxygens (including phenoxy) is 1. The molecule has 0 spiro atoms. The minimum absolute atomic E-state index is 0.260. The molecule has 0 bridgehead atoms. The molecule has 0 aromatic heterocycles. The lowest BCUT2D eigenvalue weighted by Crippen LogP contribution is -2.38. The molecule has 0 amide bonds. The molecule has 21 heavy (non-hydrogen) atoms. The van der Waals surface area contributed by atoms with Crippen molar-refractivity contribution in [2.45, 2.75) is 18.2 Å². The lowest BCUT2D eigenvalue weighted by molar-refractivity contribution is 0.0376. The summed E-state index contributed by atoms with van der Waals surface area (Å²) in [6, 6.07) is 4.73. The second-order valence-corrected chi connectivity index (χ2v) is 7.29. The van der Waals surface area contributed by atoms with E-state index in [0.717, 1.165) is 44.8 Å². The highest BCUT2D eigenvalue weighted by Gasteiger charge is 2.15. The number of rotatable bonds is 6. The largest absolute Gasteiger partial charge is 0.379 e. The summed E-state index contributed by atoms with van der Waals surface area (Å²) in [7, 11) is -3.45. The molecule has 0 radical (unpaired) electrons. The number of halogens is 1. The molecule has 0 atom stereocenters. The Morgan fingerprint density at radius 2 is 2.05 bits per heavy atom. The molecule has 7 heteroatoms. The van der Waals surface area contributed by atoms with E-state index in [1.54, 1.807) is 19.1 Å². The van der Waals surface area contributed by atoms with Crippen molar-refractivity contribution in [1.82, 2.24) is 9.62 Å². The van der Waals surface area contributed by atoms with Gasteiger partial charge in [0.25, 0.3) is 0 Å². The molecule has 1 heterocycles. The fourth-order valence-corrected chi connectivity index (χ4v) is 3.48. The van der Waals surface area contributed by atoms with E-state index in [1.165, 1.54) is 6.07 Å². The first-order valence-corrected chi connectivity index (χ1v) is 8.91. The topological polar surface area (TPSA) is 58.6 Å². The highest BCUT2D eigenvalue weighted by atomic mass is 35.5. The second-order valence-electron chi connectivity index (χ2n) is 5.12. The normalized spacial score (nSPS) is 17.0. The van der Waals surface area contributed by atoms with E-state index >= 15 is 0 Å². The number of benzene rings is 1. The van der Waals surface area contributed by atoms with E-state index in [-0.39, 0.29) is 4.90 Å². The zero-order chi connectivity index (χ0) is 15.3. The minimum atomic E-state index is -3.45. The molecule has 1 aliphatic heterocycles. The van der Waals surface area contributed by atoms with Crippen molar-refractivity contribution in [3.63, 3.8) is 0 Å². The highest BCUT2D eigenvalue weighted by Crippen LogP contribution is 2.19. The van der Waals surface area contributed by atoms with Crippen LogP contribution < -0.4 is 4.72 Å². The van der Waals surface area contributed by atoms with Crippen molar-refractivity contribution >= 4 is 21.6 Å². The van der Waals surface area contributed by atoms with Gasteiger partial charge in [-0.15, -0.1) is 0 Å². The first-order chi connectivity index (χ1) is 9.99. The number of nitrogens with one attached hydrogen (secondary N) is 1. The first kappa shape index (κ1) is 16.7. The average Bonchev–Trinajstić information content (AvgIpc) is 2.47. The molecule has 1 fully saturated rings. The zero-order valence-corrected chi connectivity index (χ0v) is 13.7. The van der Waals surface area contributed by atoms with Gasteiger partial charge >= 0.3 is 0 Å². The maximum Gasteiger partial charge on any atom is 0.240 e. The molecule has 1 aromatic carbocycles. The number of sulfonamides is 1. The van der Waals surface area contributed by atoms with Crippen LogP contribution in [0.25, 0.3) is 0 Å². The van der Waals surface area contributed by atoms with Gasteiger partial charge in [0.2, 0.25) is 10.0 Å². The van der Waals surface area contributed by atoms with Crippen molar-refractivity contribution in [2.75, 3.05) is 39.4 Å². The zero-order valence-electron chi connectivity index (χ0n) is 12.1. The van der Waals surface area contributed by atoms with Crippen LogP contribution in [0.1, 0.15) is 12.0 Å². The third-order valence-corrected chi connectivity index (χ3v) is 5.37. The Morgan fingerprint density at radius 1 is 1.33 bits per heavy atom. The molecule has 1 aliphatic rings. The predicted octanol–water partition coefficient (Wildman–Crippen LogP) is 1.65. The standard InChI is InChI=1S/C14H21ClN2O3S/c1-12-11-13(3-4-14(12)15)21(18,19)16-5-2-6-17-7-9-20-10-8-17/h3-4,11,16H,2,5-10H2,1H3. The van der Waals surface area contributed by atoms with E-state index in [2.05, 4.69) is 9.62 Å². The number of hydrogen-bond acceptors (Lipinski definition) is 4. The maximum atomic E-state index is 12.2. The van der Waals surface area contributed by atoms with Gasteiger partial charge in [0.1, 0.15) is 0 Å². The van der Waals surface area contributed by atoms with Gasteiger partial charge in [0.05, 0.1) is 18.1 Å². The van der Waals surface area contributed by atoms with E-state index in [1.807, 2.05) is 0 Å². The van der Waals surface area contributed by atoms with E-state index in [9.17, 15) is 8.42 Å². The average molecular weight is 333 g/mol. The van der Waals surface area contributed by atoms with Crippen LogP contribution in [0.2, 0.25) is 5.02 Å². The summed E-state index contributed by atoms with van der Waals surface area (Å²) < 4.78 is 32.2. The van der Waals surface area contributed by atoms with Crippen LogP contribution >= 0.6 is 11.6 Å². The Morgan fingerprint density at radius 3 is 2.71 bits per heavy atom. The Bertz CT molecular complexity index is 572. The highest BCUT2D eigenvalue weighted by molar-refractivity contribution is 7.89. The second kappa shape index (κ2) is 7.56. The van der Waals surface area contributed by atoms with Gasteiger partial charge in [-0.2, -0.15) is 0 Å². The molecule has 118 valence electrons. The van der Waals surface area contributed by atoms with E-state index in [4.69, 9.17) is 16.3 Å². The smallest absolute Gasteiger partial charge is 0.240 e. The molecule has 1 aromatic rings. The molecular formula is C14H21ClN2O3S. The number of hydrogen-bond donors (Lipinski definition) is 1. The van der Waals surface area contributed by atoms with Gasteiger partial charge in [-0.25, -0.2) is 13.1 Å². The van der Waals surface area contributed by atoms with Gasteiger partial charge in [0, 0.05) is 24.7 Å². The SMILES string of the molecule is Cc1cc(S(=O)(=O)NCCCN2CCOCC2)ccc1Cl. The van der Waals surface area contributed by atoms with Gasteiger partial charge in [-0.3, -0.25) is 4.90 Å². The summed E-state index contributed by atoms with van der Waals surface area (Å²) in [6.07, 6.45) is 0.784. The summed E-state index contributed by atoms with van der Waals surface area (Å²) in [6.45, 7) is 6.46. The summed E-state index contributed by atoms with van der Waals surface area (Å²) in [4.78, 5) is 2.54. The summed E-state index contributed by atoms with van der Waals surface area (Å²) >= 11 is 5.91. The molecular weight excluding hydrogens is 312 g/mol. The van der Waals surface area contributed by atoms with Crippen LogP contribution in [0.15, 0.2) is 23.1 Å². The first-order valence-electron chi connectivity index (χ1n) is 7.05. The fraction of sp³-hybridized carbons (Fsp3) is 0.571. The number of aryl methyl sites for hydroxylation is 1. The minimum Gasteiger partial charge on any atom is -0.379 e. The van der Waals surface area contributed by atoms with Crippen LogP contribution in [-0.2, 0) is 14.8 Å². The van der Waals surface area contributed by atoms with Crippen molar-refractivity contribution in [1.29, 1.82) is 0 Å². The molecule has 0 unspecified atom stereocenters. The van der Waals surface area contributed by atoms with Crippen LogP contribution in [-0.4, -0.2) is 52.7 Å². The van der Waals surface area contributed by atoms with Crippen LogP contribution in [0, 0.1) is 6.92 Å². The molecule has 2 rings (SSSR count). The van der Waals surface area contributed by atoms with Crippen LogP contribution in [0.4, 0.5) is 0 Å². The fourth-order valence-electron chi connectivity index (χ4n) is 2.20. The van der Waals surface area contributed by atoms with Crippen molar-refractivity contribution in [3.8, 4) is 0 Å². The van der Waals surface area contributed by atoms with E-state index < -0.39 is 10.0 Å². The Kier molecular flexibility index (Phi) is 6.01.